The average Bonchev–Trinajstić information content (AvgIpc) is 2.50. The first-order valence-electron chi connectivity index (χ1n) is 6.92. The maximum absolute atomic E-state index is 12.0. The lowest BCUT2D eigenvalue weighted by Gasteiger charge is -2.11. The van der Waals surface area contributed by atoms with Crippen LogP contribution in [0.4, 0.5) is 0 Å². The average molecular weight is 334 g/mol. The summed E-state index contributed by atoms with van der Waals surface area (Å²) in [6.45, 7) is 9.45. The molecule has 24 heavy (non-hydrogen) atoms. The van der Waals surface area contributed by atoms with Crippen molar-refractivity contribution in [2.45, 2.75) is 13.8 Å². The highest BCUT2D eigenvalue weighted by Gasteiger charge is 2.18. The van der Waals surface area contributed by atoms with Crippen molar-refractivity contribution in [1.82, 2.24) is 0 Å². The predicted molar refractivity (Wildman–Crippen MR) is 84.6 cm³/mol. The Bertz CT molecular complexity index is 688. The smallest absolute Gasteiger partial charge is 0.342 e. The van der Waals surface area contributed by atoms with Crippen LogP contribution in [0.25, 0.3) is 0 Å². The van der Waals surface area contributed by atoms with Crippen molar-refractivity contribution < 1.29 is 33.7 Å². The molecule has 0 fully saturated rings. The molecule has 0 amide bonds. The Morgan fingerprint density at radius 1 is 1.00 bits per heavy atom. The van der Waals surface area contributed by atoms with Crippen molar-refractivity contribution in [2.75, 3.05) is 13.2 Å². The summed E-state index contributed by atoms with van der Waals surface area (Å²) in [5, 5.41) is 9.47. The number of carbonyl (C=O) groups excluding carboxylic acids is 3. The highest BCUT2D eigenvalue weighted by molar-refractivity contribution is 5.95. The molecule has 0 atom stereocenters. The van der Waals surface area contributed by atoms with E-state index in [0.29, 0.717) is 0 Å². The van der Waals surface area contributed by atoms with Crippen molar-refractivity contribution in [3.8, 4) is 11.5 Å². The van der Waals surface area contributed by atoms with Gasteiger partial charge in [-0.15, -0.1) is 0 Å². The number of hydrogen-bond donors (Lipinski definition) is 1. The van der Waals surface area contributed by atoms with Gasteiger partial charge in [-0.25, -0.2) is 14.4 Å². The Labute approximate surface area is 139 Å². The number of phenolic OH excluding ortho intramolecular Hbond substituents is 1. The van der Waals surface area contributed by atoms with Crippen LogP contribution in [0.3, 0.4) is 0 Å². The number of hydrogen-bond acceptors (Lipinski definition) is 7. The molecule has 0 aliphatic carbocycles. The maximum atomic E-state index is 12.0. The zero-order chi connectivity index (χ0) is 18.3. The minimum Gasteiger partial charge on any atom is -0.508 e. The molecule has 0 bridgehead atoms. The van der Waals surface area contributed by atoms with Gasteiger partial charge in [0, 0.05) is 17.2 Å². The van der Waals surface area contributed by atoms with Crippen molar-refractivity contribution in [2.24, 2.45) is 0 Å². The quantitative estimate of drug-likeness (QED) is 0.353. The zero-order valence-corrected chi connectivity index (χ0v) is 13.5. The standard InChI is InChI=1S/C17H18O7/c1-10(2)15(19)22-7-8-23-17(21)13-6-5-12(18)9-14(13)24-16(20)11(3)4/h5-6,9,18H,1,3,7-8H2,2,4H3. The molecule has 0 heterocycles. The molecule has 0 aliphatic rings. The molecule has 1 rings (SSSR count). The first kappa shape index (κ1) is 19.0. The molecule has 128 valence electrons. The fourth-order valence-electron chi connectivity index (χ4n) is 1.42. The largest absolute Gasteiger partial charge is 0.508 e. The molecule has 1 N–H and O–H groups in total. The Balaban J connectivity index is 2.72. The predicted octanol–water partition coefficient (Wildman–Crippen LogP) is 2.15. The van der Waals surface area contributed by atoms with Crippen molar-refractivity contribution in [3.63, 3.8) is 0 Å². The Morgan fingerprint density at radius 3 is 2.17 bits per heavy atom. The highest BCUT2D eigenvalue weighted by atomic mass is 16.6. The van der Waals surface area contributed by atoms with E-state index in [2.05, 4.69) is 13.2 Å². The molecular formula is C17H18O7. The highest BCUT2D eigenvalue weighted by Crippen LogP contribution is 2.25. The number of ether oxygens (including phenoxy) is 3. The lowest BCUT2D eigenvalue weighted by atomic mass is 10.2. The Morgan fingerprint density at radius 2 is 1.58 bits per heavy atom. The lowest BCUT2D eigenvalue weighted by Crippen LogP contribution is -2.16. The van der Waals surface area contributed by atoms with Gasteiger partial charge in [-0.05, 0) is 26.0 Å². The van der Waals surface area contributed by atoms with Crippen LogP contribution in [0, 0.1) is 0 Å². The Kier molecular flexibility index (Phi) is 6.73. The molecule has 1 aromatic carbocycles. The molecule has 1 aromatic rings. The monoisotopic (exact) mass is 334 g/mol. The van der Waals surface area contributed by atoms with E-state index in [-0.39, 0.29) is 41.4 Å². The van der Waals surface area contributed by atoms with Gasteiger partial charge in [0.25, 0.3) is 0 Å². The molecule has 0 saturated carbocycles. The van der Waals surface area contributed by atoms with Gasteiger partial charge in [0.2, 0.25) is 0 Å². The second-order valence-electron chi connectivity index (χ2n) is 4.90. The minimum atomic E-state index is -0.800. The summed E-state index contributed by atoms with van der Waals surface area (Å²) in [5.41, 5.74) is 0.298. The third-order valence-electron chi connectivity index (χ3n) is 2.63. The summed E-state index contributed by atoms with van der Waals surface area (Å²) in [6.07, 6.45) is 0. The molecule has 7 nitrogen and oxygen atoms in total. The normalized spacial score (nSPS) is 9.75. The first-order chi connectivity index (χ1) is 11.2. The summed E-state index contributed by atoms with van der Waals surface area (Å²) < 4.78 is 14.7. The van der Waals surface area contributed by atoms with E-state index in [1.807, 2.05) is 0 Å². The van der Waals surface area contributed by atoms with Gasteiger partial charge in [-0.3, -0.25) is 0 Å². The van der Waals surface area contributed by atoms with E-state index in [1.165, 1.54) is 26.0 Å². The number of rotatable bonds is 7. The van der Waals surface area contributed by atoms with E-state index in [1.54, 1.807) is 0 Å². The van der Waals surface area contributed by atoms with Crippen LogP contribution in [-0.4, -0.2) is 36.2 Å². The molecule has 0 spiro atoms. The molecule has 0 unspecified atom stereocenters. The summed E-state index contributed by atoms with van der Waals surface area (Å²) in [4.78, 5) is 34.8. The van der Waals surface area contributed by atoms with Gasteiger partial charge < -0.3 is 19.3 Å². The molecule has 0 aliphatic heterocycles. The van der Waals surface area contributed by atoms with Crippen LogP contribution in [0.2, 0.25) is 0 Å². The van der Waals surface area contributed by atoms with Crippen LogP contribution in [-0.2, 0) is 19.1 Å². The van der Waals surface area contributed by atoms with Gasteiger partial charge >= 0.3 is 17.9 Å². The van der Waals surface area contributed by atoms with E-state index < -0.39 is 17.9 Å². The molecule has 0 saturated heterocycles. The van der Waals surface area contributed by atoms with Gasteiger partial charge in [0.05, 0.1) is 0 Å². The van der Waals surface area contributed by atoms with E-state index >= 15 is 0 Å². The zero-order valence-electron chi connectivity index (χ0n) is 13.5. The second kappa shape index (κ2) is 8.52. The summed E-state index contributed by atoms with van der Waals surface area (Å²) in [5.74, 6) is -2.49. The molecule has 7 heteroatoms. The summed E-state index contributed by atoms with van der Waals surface area (Å²) >= 11 is 0. The number of carbonyl (C=O) groups is 3. The molecule has 0 aromatic heterocycles. The number of esters is 3. The number of phenols is 1. The SMILES string of the molecule is C=C(C)C(=O)OCCOC(=O)c1ccc(O)cc1OC(=O)C(=C)C. The van der Waals surface area contributed by atoms with Crippen molar-refractivity contribution in [1.29, 1.82) is 0 Å². The second-order valence-corrected chi connectivity index (χ2v) is 4.90. The van der Waals surface area contributed by atoms with E-state index in [0.717, 1.165) is 6.07 Å². The third-order valence-corrected chi connectivity index (χ3v) is 2.63. The van der Waals surface area contributed by atoms with Gasteiger partial charge in [-0.1, -0.05) is 13.2 Å². The Hall–Kier alpha value is -3.09. The van der Waals surface area contributed by atoms with Crippen LogP contribution < -0.4 is 4.74 Å². The van der Waals surface area contributed by atoms with Gasteiger partial charge in [0.1, 0.15) is 30.3 Å². The molecule has 0 radical (unpaired) electrons. The topological polar surface area (TPSA) is 99.1 Å². The van der Waals surface area contributed by atoms with E-state index in [9.17, 15) is 19.5 Å². The van der Waals surface area contributed by atoms with Crippen molar-refractivity contribution >= 4 is 17.9 Å². The lowest BCUT2D eigenvalue weighted by molar-refractivity contribution is -0.140. The molecular weight excluding hydrogens is 316 g/mol. The fraction of sp³-hybridized carbons (Fsp3) is 0.235. The van der Waals surface area contributed by atoms with Crippen LogP contribution in [0.15, 0.2) is 42.5 Å². The maximum Gasteiger partial charge on any atom is 0.342 e. The van der Waals surface area contributed by atoms with Crippen molar-refractivity contribution in [3.05, 3.63) is 48.1 Å². The third kappa shape index (κ3) is 5.60. The number of benzene rings is 1. The minimum absolute atomic E-state index is 0.0615. The van der Waals surface area contributed by atoms with Crippen LogP contribution in [0.5, 0.6) is 11.5 Å². The first-order valence-corrected chi connectivity index (χ1v) is 6.92. The van der Waals surface area contributed by atoms with Gasteiger partial charge in [-0.2, -0.15) is 0 Å². The number of aromatic hydroxyl groups is 1. The van der Waals surface area contributed by atoms with Crippen LogP contribution >= 0.6 is 0 Å². The van der Waals surface area contributed by atoms with Crippen LogP contribution in [0.1, 0.15) is 24.2 Å². The fourth-order valence-corrected chi connectivity index (χ4v) is 1.42. The van der Waals surface area contributed by atoms with Gasteiger partial charge in [0.15, 0.2) is 0 Å². The van der Waals surface area contributed by atoms with E-state index in [4.69, 9.17) is 14.2 Å². The summed E-state index contributed by atoms with van der Waals surface area (Å²) in [6, 6.07) is 3.60. The summed E-state index contributed by atoms with van der Waals surface area (Å²) in [7, 11) is 0.